The Hall–Kier alpha value is -2.02. The predicted molar refractivity (Wildman–Crippen MR) is 105 cm³/mol. The van der Waals surface area contributed by atoms with E-state index in [1.54, 1.807) is 20.0 Å². The number of hydrogen-bond acceptors (Lipinski definition) is 6. The molecule has 1 aromatic rings. The van der Waals surface area contributed by atoms with Crippen LogP contribution < -0.4 is 25.8 Å². The molecule has 12 heteroatoms. The van der Waals surface area contributed by atoms with E-state index in [1.807, 2.05) is 0 Å². The molecule has 0 aliphatic carbocycles. The zero-order valence-corrected chi connectivity index (χ0v) is 16.8. The molecule has 3 rings (SSSR count). The van der Waals surface area contributed by atoms with E-state index in [0.29, 0.717) is 24.3 Å². The monoisotopic (exact) mass is 439 g/mol. The molecule has 1 saturated heterocycles. The van der Waals surface area contributed by atoms with Crippen LogP contribution in [-0.2, 0) is 16.4 Å². The van der Waals surface area contributed by atoms with Gasteiger partial charge in [0.25, 0.3) is 10.2 Å². The summed E-state index contributed by atoms with van der Waals surface area (Å²) >= 11 is 0. The van der Waals surface area contributed by atoms with Crippen LogP contribution in [-0.4, -0.2) is 37.5 Å². The van der Waals surface area contributed by atoms with Gasteiger partial charge in [-0.15, -0.1) is 0 Å². The minimum atomic E-state index is -4.39. The highest BCUT2D eigenvalue weighted by Gasteiger charge is 2.36. The SMILES string of the molecule is CC(C)(NS(=O)(=O)N1CCC(Oc2ccc(C(F)(F)F)cc2)CC1)C1=CNNN1.[HH].[HH]. The molecule has 166 valence electrons. The Bertz CT molecular complexity index is 859. The summed E-state index contributed by atoms with van der Waals surface area (Å²) in [4.78, 5) is 0. The van der Waals surface area contributed by atoms with Crippen molar-refractivity contribution in [2.75, 3.05) is 13.1 Å². The Kier molecular flexibility index (Phi) is 5.99. The van der Waals surface area contributed by atoms with Crippen LogP contribution in [0.2, 0.25) is 0 Å². The van der Waals surface area contributed by atoms with E-state index < -0.39 is 27.5 Å². The normalized spacial score (nSPS) is 19.4. The molecule has 0 unspecified atom stereocenters. The molecule has 0 aromatic heterocycles. The molecule has 2 aliphatic rings. The van der Waals surface area contributed by atoms with Crippen LogP contribution in [0.1, 0.15) is 35.1 Å². The molecule has 0 spiro atoms. The summed E-state index contributed by atoms with van der Waals surface area (Å²) in [5.74, 6) is 0.331. The van der Waals surface area contributed by atoms with Crippen molar-refractivity contribution in [3.05, 3.63) is 41.7 Å². The van der Waals surface area contributed by atoms with Crippen LogP contribution >= 0.6 is 0 Å². The smallest absolute Gasteiger partial charge is 0.416 e. The van der Waals surface area contributed by atoms with Gasteiger partial charge in [-0.25, -0.2) is 0 Å². The first kappa shape index (κ1) is 21.7. The fraction of sp³-hybridized carbons (Fsp3) is 0.529. The number of nitrogens with zero attached hydrogens (tertiary/aromatic N) is 1. The maximum atomic E-state index is 12.7. The molecular weight excluding hydrogens is 411 g/mol. The maximum absolute atomic E-state index is 12.7. The Labute approximate surface area is 170 Å². The summed E-state index contributed by atoms with van der Waals surface area (Å²) in [5, 5.41) is 0. The lowest BCUT2D eigenvalue weighted by molar-refractivity contribution is -0.137. The number of hydrogen-bond donors (Lipinski definition) is 4. The van der Waals surface area contributed by atoms with Crippen LogP contribution in [0.3, 0.4) is 0 Å². The van der Waals surface area contributed by atoms with E-state index in [1.165, 1.54) is 16.4 Å². The second-order valence-electron chi connectivity index (χ2n) is 7.42. The van der Waals surface area contributed by atoms with Gasteiger partial charge in [0.1, 0.15) is 11.9 Å². The molecule has 0 radical (unpaired) electrons. The standard InChI is InChI=1S/C17H24F3N5O3S.2H2/c1-16(2,15-11-21-24-22-15)23-29(26,27)25-9-7-14(8-10-25)28-13-5-3-12(4-6-13)17(18,19)20;;/h3-6,11,14,21-24H,7-10H2,1-2H3;2*1H. The average Bonchev–Trinajstić information content (AvgIpc) is 3.17. The zero-order valence-electron chi connectivity index (χ0n) is 16.0. The van der Waals surface area contributed by atoms with Gasteiger partial charge in [-0.2, -0.15) is 36.2 Å². The van der Waals surface area contributed by atoms with E-state index >= 15 is 0 Å². The van der Waals surface area contributed by atoms with E-state index in [2.05, 4.69) is 21.1 Å². The molecule has 1 aromatic carbocycles. The molecule has 8 nitrogen and oxygen atoms in total. The quantitative estimate of drug-likeness (QED) is 0.543. The lowest BCUT2D eigenvalue weighted by Gasteiger charge is -2.35. The fourth-order valence-electron chi connectivity index (χ4n) is 3.13. The molecule has 0 saturated carbocycles. The number of piperidine rings is 1. The number of ether oxygens (including phenoxy) is 1. The first-order valence-electron chi connectivity index (χ1n) is 9.07. The number of halogens is 3. The van der Waals surface area contributed by atoms with Gasteiger partial charge in [0, 0.05) is 22.1 Å². The molecule has 29 heavy (non-hydrogen) atoms. The topological polar surface area (TPSA) is 94.7 Å². The van der Waals surface area contributed by atoms with Crippen LogP contribution in [0.25, 0.3) is 0 Å². The average molecular weight is 440 g/mol. The van der Waals surface area contributed by atoms with Gasteiger partial charge in [0.05, 0.1) is 16.8 Å². The molecule has 2 aliphatic heterocycles. The van der Waals surface area contributed by atoms with Crippen molar-refractivity contribution in [3.8, 4) is 5.75 Å². The first-order valence-corrected chi connectivity index (χ1v) is 10.5. The van der Waals surface area contributed by atoms with Crippen molar-refractivity contribution >= 4 is 10.2 Å². The summed E-state index contributed by atoms with van der Waals surface area (Å²) in [6.07, 6.45) is -2.15. The molecule has 2 heterocycles. The molecule has 0 bridgehead atoms. The van der Waals surface area contributed by atoms with Crippen LogP contribution in [0, 0.1) is 0 Å². The van der Waals surface area contributed by atoms with E-state index in [9.17, 15) is 21.6 Å². The highest BCUT2D eigenvalue weighted by Crippen LogP contribution is 2.31. The maximum Gasteiger partial charge on any atom is 0.416 e. The molecular formula is C17H28F3N5O3S. The van der Waals surface area contributed by atoms with Gasteiger partial charge < -0.3 is 15.6 Å². The van der Waals surface area contributed by atoms with E-state index in [4.69, 9.17) is 4.74 Å². The van der Waals surface area contributed by atoms with Gasteiger partial charge in [0.15, 0.2) is 0 Å². The van der Waals surface area contributed by atoms with Crippen molar-refractivity contribution in [3.63, 3.8) is 0 Å². The Balaban J connectivity index is 0.00000240. The van der Waals surface area contributed by atoms with Gasteiger partial charge >= 0.3 is 6.18 Å². The molecule has 4 N–H and O–H groups in total. The Morgan fingerprint density at radius 3 is 2.31 bits per heavy atom. The third-order valence-electron chi connectivity index (χ3n) is 4.77. The van der Waals surface area contributed by atoms with Gasteiger partial charge in [-0.3, -0.25) is 0 Å². The van der Waals surface area contributed by atoms with Crippen molar-refractivity contribution in [2.45, 2.75) is 44.5 Å². The van der Waals surface area contributed by atoms with Crippen molar-refractivity contribution < 1.29 is 29.2 Å². The summed E-state index contributed by atoms with van der Waals surface area (Å²) in [5.41, 5.74) is 7.28. The van der Waals surface area contributed by atoms with Crippen molar-refractivity contribution in [1.82, 2.24) is 25.4 Å². The lowest BCUT2D eigenvalue weighted by atomic mass is 10.0. The summed E-state index contributed by atoms with van der Waals surface area (Å²) in [7, 11) is -3.73. The second kappa shape index (κ2) is 8.01. The minimum Gasteiger partial charge on any atom is -0.490 e. The molecule has 1 fully saturated rings. The molecule has 0 atom stereocenters. The predicted octanol–water partition coefficient (Wildman–Crippen LogP) is 2.11. The van der Waals surface area contributed by atoms with E-state index in [0.717, 1.165) is 12.1 Å². The summed E-state index contributed by atoms with van der Waals surface area (Å²) in [6.45, 7) is 3.97. The zero-order chi connectivity index (χ0) is 21.3. The van der Waals surface area contributed by atoms with Gasteiger partial charge in [-0.05, 0) is 51.0 Å². The number of alkyl halides is 3. The highest BCUT2D eigenvalue weighted by molar-refractivity contribution is 7.87. The number of hydrazine groups is 2. The molecule has 0 amide bonds. The number of benzene rings is 1. The fourth-order valence-corrected chi connectivity index (χ4v) is 4.71. The third kappa shape index (κ3) is 5.32. The van der Waals surface area contributed by atoms with Gasteiger partial charge in [0.2, 0.25) is 0 Å². The summed E-state index contributed by atoms with van der Waals surface area (Å²) in [6, 6.07) is 4.49. The lowest BCUT2D eigenvalue weighted by Crippen LogP contribution is -2.55. The van der Waals surface area contributed by atoms with Crippen LogP contribution in [0.5, 0.6) is 5.75 Å². The van der Waals surface area contributed by atoms with Crippen LogP contribution in [0.4, 0.5) is 13.2 Å². The Morgan fingerprint density at radius 2 is 1.79 bits per heavy atom. The van der Waals surface area contributed by atoms with Crippen molar-refractivity contribution in [1.29, 1.82) is 0 Å². The number of rotatable bonds is 6. The summed E-state index contributed by atoms with van der Waals surface area (Å²) < 4.78 is 73.1. The second-order valence-corrected chi connectivity index (χ2v) is 9.09. The third-order valence-corrected chi connectivity index (χ3v) is 6.58. The largest absolute Gasteiger partial charge is 0.490 e. The highest BCUT2D eigenvalue weighted by atomic mass is 32.2. The number of nitrogens with one attached hydrogen (secondary N) is 4. The van der Waals surface area contributed by atoms with Crippen molar-refractivity contribution in [2.24, 2.45) is 0 Å². The van der Waals surface area contributed by atoms with Crippen LogP contribution in [0.15, 0.2) is 36.2 Å². The van der Waals surface area contributed by atoms with Gasteiger partial charge in [-0.1, -0.05) is 0 Å². The van der Waals surface area contributed by atoms with E-state index in [-0.39, 0.29) is 22.0 Å². The Morgan fingerprint density at radius 1 is 1.17 bits per heavy atom. The first-order chi connectivity index (χ1) is 13.5. The minimum absolute atomic E-state index is 0.